The Morgan fingerprint density at radius 1 is 1.33 bits per heavy atom. The van der Waals surface area contributed by atoms with Crippen LogP contribution in [-0.2, 0) is 0 Å². The molecule has 0 saturated heterocycles. The molecule has 4 nitrogen and oxygen atoms in total. The average molecular weight is 247 g/mol. The lowest BCUT2D eigenvalue weighted by Crippen LogP contribution is -2.21. The number of ether oxygens (including phenoxy) is 1. The fraction of sp³-hybridized carbons (Fsp3) is 0.571. The van der Waals surface area contributed by atoms with E-state index in [-0.39, 0.29) is 0 Å². The van der Waals surface area contributed by atoms with Crippen molar-refractivity contribution in [1.29, 1.82) is 0 Å². The molecule has 2 atom stereocenters. The van der Waals surface area contributed by atoms with Gasteiger partial charge < -0.3 is 10.1 Å². The Kier molecular flexibility index (Phi) is 4.56. The van der Waals surface area contributed by atoms with E-state index in [2.05, 4.69) is 34.4 Å². The highest BCUT2D eigenvalue weighted by Crippen LogP contribution is 2.25. The molecule has 1 N–H and O–H groups in total. The summed E-state index contributed by atoms with van der Waals surface area (Å²) < 4.78 is 5.76. The van der Waals surface area contributed by atoms with E-state index in [0.717, 1.165) is 31.8 Å². The van der Waals surface area contributed by atoms with Gasteiger partial charge >= 0.3 is 0 Å². The third kappa shape index (κ3) is 3.45. The first-order chi connectivity index (χ1) is 8.79. The van der Waals surface area contributed by atoms with Gasteiger partial charge in [-0.15, -0.1) is 0 Å². The molecule has 0 aliphatic heterocycles. The van der Waals surface area contributed by atoms with E-state index in [9.17, 15) is 0 Å². The molecule has 0 bridgehead atoms. The summed E-state index contributed by atoms with van der Waals surface area (Å²) in [4.78, 5) is 8.48. The number of nitrogens with one attached hydrogen (secondary N) is 1. The van der Waals surface area contributed by atoms with Gasteiger partial charge in [0.05, 0.1) is 19.0 Å². The van der Waals surface area contributed by atoms with Crippen LogP contribution in [0.1, 0.15) is 26.7 Å². The quantitative estimate of drug-likeness (QED) is 0.813. The normalized spacial score (nSPS) is 22.8. The van der Waals surface area contributed by atoms with Gasteiger partial charge in [-0.05, 0) is 31.6 Å². The molecule has 4 heteroatoms. The molecule has 18 heavy (non-hydrogen) atoms. The summed E-state index contributed by atoms with van der Waals surface area (Å²) in [5.74, 6) is 2.64. The fourth-order valence-electron chi connectivity index (χ4n) is 2.12. The summed E-state index contributed by atoms with van der Waals surface area (Å²) >= 11 is 0. The molecule has 1 aliphatic carbocycles. The molecule has 1 aromatic rings. The lowest BCUT2D eigenvalue weighted by Gasteiger charge is -2.24. The first-order valence-electron chi connectivity index (χ1n) is 6.63. The number of hydrogen-bond donors (Lipinski definition) is 1. The van der Waals surface area contributed by atoms with Gasteiger partial charge in [0.1, 0.15) is 5.82 Å². The zero-order valence-corrected chi connectivity index (χ0v) is 11.1. The minimum Gasteiger partial charge on any atom is -0.476 e. The minimum atomic E-state index is 0.583. The van der Waals surface area contributed by atoms with Crippen LogP contribution in [0.25, 0.3) is 0 Å². The maximum atomic E-state index is 5.76. The summed E-state index contributed by atoms with van der Waals surface area (Å²) in [7, 11) is 0. The zero-order chi connectivity index (χ0) is 12.8. The molecule has 0 radical (unpaired) electrons. The number of anilines is 1. The number of rotatable bonds is 5. The van der Waals surface area contributed by atoms with Crippen LogP contribution in [-0.4, -0.2) is 23.1 Å². The largest absolute Gasteiger partial charge is 0.476 e. The number of nitrogens with zero attached hydrogens (tertiary/aromatic N) is 2. The van der Waals surface area contributed by atoms with Crippen LogP contribution in [0.15, 0.2) is 24.5 Å². The van der Waals surface area contributed by atoms with Crippen LogP contribution in [0.2, 0.25) is 0 Å². The molecular weight excluding hydrogens is 226 g/mol. The van der Waals surface area contributed by atoms with E-state index in [1.54, 1.807) is 12.4 Å². The van der Waals surface area contributed by atoms with Crippen LogP contribution in [0.4, 0.5) is 5.82 Å². The lowest BCUT2D eigenvalue weighted by atomic mass is 9.85. The monoisotopic (exact) mass is 247 g/mol. The maximum absolute atomic E-state index is 5.76. The second-order valence-corrected chi connectivity index (χ2v) is 4.76. The first-order valence-corrected chi connectivity index (χ1v) is 6.63. The van der Waals surface area contributed by atoms with Crippen LogP contribution in [0.3, 0.4) is 0 Å². The SMILES string of the molecule is CCNc1cncc(OCC2CC=CCC2C)n1. The van der Waals surface area contributed by atoms with Gasteiger partial charge in [-0.1, -0.05) is 19.1 Å². The summed E-state index contributed by atoms with van der Waals surface area (Å²) in [6, 6.07) is 0. The fourth-order valence-corrected chi connectivity index (χ4v) is 2.12. The maximum Gasteiger partial charge on any atom is 0.234 e. The van der Waals surface area contributed by atoms with Crippen LogP contribution >= 0.6 is 0 Å². The Bertz CT molecular complexity index is 406. The van der Waals surface area contributed by atoms with Gasteiger partial charge in [0.25, 0.3) is 0 Å². The highest BCUT2D eigenvalue weighted by Gasteiger charge is 2.19. The Hall–Kier alpha value is -1.58. The average Bonchev–Trinajstić information content (AvgIpc) is 2.39. The van der Waals surface area contributed by atoms with Gasteiger partial charge in [0.15, 0.2) is 0 Å². The summed E-state index contributed by atoms with van der Waals surface area (Å²) in [5.41, 5.74) is 0. The lowest BCUT2D eigenvalue weighted by molar-refractivity contribution is 0.192. The first kappa shape index (κ1) is 12.9. The van der Waals surface area contributed by atoms with E-state index in [0.29, 0.717) is 17.7 Å². The van der Waals surface area contributed by atoms with Crippen molar-refractivity contribution in [3.05, 3.63) is 24.5 Å². The standard InChI is InChI=1S/C14H21N3O/c1-3-16-13-8-15-9-14(17-13)18-10-12-7-5-4-6-11(12)2/h4-5,8-9,11-12H,3,6-7,10H2,1-2H3,(H,16,17). The van der Waals surface area contributed by atoms with Crippen LogP contribution < -0.4 is 10.1 Å². The van der Waals surface area contributed by atoms with Crippen molar-refractivity contribution >= 4 is 5.82 Å². The molecular formula is C14H21N3O. The second-order valence-electron chi connectivity index (χ2n) is 4.76. The molecule has 98 valence electrons. The summed E-state index contributed by atoms with van der Waals surface area (Å²) in [6.45, 7) is 5.86. The predicted molar refractivity (Wildman–Crippen MR) is 72.7 cm³/mol. The number of aromatic nitrogens is 2. The Morgan fingerprint density at radius 3 is 2.94 bits per heavy atom. The minimum absolute atomic E-state index is 0.583. The number of allylic oxidation sites excluding steroid dienone is 2. The second kappa shape index (κ2) is 6.38. The molecule has 2 unspecified atom stereocenters. The summed E-state index contributed by atoms with van der Waals surface area (Å²) in [5, 5.41) is 3.13. The van der Waals surface area contributed by atoms with Gasteiger partial charge in [0, 0.05) is 6.54 Å². The molecule has 1 aliphatic rings. The smallest absolute Gasteiger partial charge is 0.234 e. The Labute approximate surface area is 108 Å². The van der Waals surface area contributed by atoms with E-state index in [1.807, 2.05) is 6.92 Å². The van der Waals surface area contributed by atoms with Crippen molar-refractivity contribution in [1.82, 2.24) is 9.97 Å². The predicted octanol–water partition coefficient (Wildman–Crippen LogP) is 2.89. The van der Waals surface area contributed by atoms with Gasteiger partial charge in [-0.25, -0.2) is 0 Å². The Morgan fingerprint density at radius 2 is 2.17 bits per heavy atom. The highest BCUT2D eigenvalue weighted by molar-refractivity contribution is 5.32. The molecule has 0 amide bonds. The van der Waals surface area contributed by atoms with Gasteiger partial charge in [0.2, 0.25) is 5.88 Å². The molecule has 0 spiro atoms. The van der Waals surface area contributed by atoms with E-state index in [4.69, 9.17) is 4.74 Å². The van der Waals surface area contributed by atoms with Crippen molar-refractivity contribution in [2.75, 3.05) is 18.5 Å². The van der Waals surface area contributed by atoms with E-state index >= 15 is 0 Å². The van der Waals surface area contributed by atoms with Crippen LogP contribution in [0, 0.1) is 11.8 Å². The third-order valence-corrected chi connectivity index (χ3v) is 3.33. The number of hydrogen-bond acceptors (Lipinski definition) is 4. The van der Waals surface area contributed by atoms with Crippen molar-refractivity contribution in [3.63, 3.8) is 0 Å². The van der Waals surface area contributed by atoms with Crippen molar-refractivity contribution < 1.29 is 4.74 Å². The van der Waals surface area contributed by atoms with E-state index < -0.39 is 0 Å². The molecule has 0 saturated carbocycles. The third-order valence-electron chi connectivity index (χ3n) is 3.33. The van der Waals surface area contributed by atoms with Crippen molar-refractivity contribution in [3.8, 4) is 5.88 Å². The molecule has 0 fully saturated rings. The summed E-state index contributed by atoms with van der Waals surface area (Å²) in [6.07, 6.45) is 10.1. The topological polar surface area (TPSA) is 47.0 Å². The van der Waals surface area contributed by atoms with E-state index in [1.165, 1.54) is 0 Å². The van der Waals surface area contributed by atoms with Gasteiger partial charge in [-0.2, -0.15) is 4.98 Å². The zero-order valence-electron chi connectivity index (χ0n) is 11.1. The molecule has 1 aromatic heterocycles. The Balaban J connectivity index is 1.89. The van der Waals surface area contributed by atoms with Crippen molar-refractivity contribution in [2.45, 2.75) is 26.7 Å². The molecule has 2 rings (SSSR count). The van der Waals surface area contributed by atoms with Crippen molar-refractivity contribution in [2.24, 2.45) is 11.8 Å². The van der Waals surface area contributed by atoms with Gasteiger partial charge in [-0.3, -0.25) is 4.98 Å². The molecule has 1 heterocycles. The highest BCUT2D eigenvalue weighted by atomic mass is 16.5. The molecule has 0 aromatic carbocycles. The van der Waals surface area contributed by atoms with Crippen LogP contribution in [0.5, 0.6) is 5.88 Å².